The minimum Gasteiger partial charge on any atom is -0.493 e. The topological polar surface area (TPSA) is 18.5 Å². The number of hydrogen-bond donors (Lipinski definition) is 0. The Balaban J connectivity index is 1.71. The van der Waals surface area contributed by atoms with E-state index in [1.54, 1.807) is 0 Å². The SMILES string of the molecule is C[C](COc1ccccc1)COc1ccccc1. The lowest BCUT2D eigenvalue weighted by Crippen LogP contribution is -2.14. The van der Waals surface area contributed by atoms with Crippen molar-refractivity contribution in [3.63, 3.8) is 0 Å². The Bertz CT molecular complexity index is 396. The van der Waals surface area contributed by atoms with E-state index in [-0.39, 0.29) is 0 Å². The molecular weight excluding hydrogens is 224 g/mol. The van der Waals surface area contributed by atoms with E-state index in [9.17, 15) is 0 Å². The van der Waals surface area contributed by atoms with Crippen LogP contribution in [0.4, 0.5) is 0 Å². The van der Waals surface area contributed by atoms with Crippen molar-refractivity contribution < 1.29 is 9.47 Å². The number of hydrogen-bond acceptors (Lipinski definition) is 2. The van der Waals surface area contributed by atoms with Gasteiger partial charge in [0, 0.05) is 5.92 Å². The van der Waals surface area contributed by atoms with Crippen LogP contribution in [0, 0.1) is 5.92 Å². The molecule has 0 fully saturated rings. The van der Waals surface area contributed by atoms with Crippen molar-refractivity contribution in [2.45, 2.75) is 6.92 Å². The first kappa shape index (κ1) is 12.5. The van der Waals surface area contributed by atoms with Gasteiger partial charge in [-0.25, -0.2) is 0 Å². The van der Waals surface area contributed by atoms with Crippen LogP contribution >= 0.6 is 0 Å². The molecule has 0 amide bonds. The van der Waals surface area contributed by atoms with Crippen LogP contribution in [0.25, 0.3) is 0 Å². The molecule has 0 saturated carbocycles. The highest BCUT2D eigenvalue weighted by Gasteiger charge is 2.05. The molecule has 0 bridgehead atoms. The van der Waals surface area contributed by atoms with Gasteiger partial charge in [-0.3, -0.25) is 0 Å². The zero-order valence-electron chi connectivity index (χ0n) is 10.5. The lowest BCUT2D eigenvalue weighted by molar-refractivity contribution is 0.270. The summed E-state index contributed by atoms with van der Waals surface area (Å²) in [4.78, 5) is 0. The maximum absolute atomic E-state index is 5.64. The van der Waals surface area contributed by atoms with Crippen molar-refractivity contribution >= 4 is 0 Å². The molecule has 0 aromatic heterocycles. The van der Waals surface area contributed by atoms with E-state index in [4.69, 9.17) is 9.47 Å². The molecule has 18 heavy (non-hydrogen) atoms. The molecule has 93 valence electrons. The fourth-order valence-electron chi connectivity index (χ4n) is 1.49. The molecule has 2 aromatic rings. The summed E-state index contributed by atoms with van der Waals surface area (Å²) in [6, 6.07) is 19.6. The van der Waals surface area contributed by atoms with Crippen LogP contribution in [-0.4, -0.2) is 13.2 Å². The minimum absolute atomic E-state index is 0.580. The van der Waals surface area contributed by atoms with Gasteiger partial charge in [-0.05, 0) is 24.3 Å². The van der Waals surface area contributed by atoms with E-state index in [1.165, 1.54) is 0 Å². The number of benzene rings is 2. The van der Waals surface area contributed by atoms with E-state index in [1.807, 2.05) is 67.6 Å². The van der Waals surface area contributed by atoms with E-state index >= 15 is 0 Å². The highest BCUT2D eigenvalue weighted by molar-refractivity contribution is 5.22. The second-order valence-corrected chi connectivity index (χ2v) is 4.16. The van der Waals surface area contributed by atoms with Crippen molar-refractivity contribution in [2.24, 2.45) is 0 Å². The van der Waals surface area contributed by atoms with Gasteiger partial charge in [0.15, 0.2) is 0 Å². The van der Waals surface area contributed by atoms with Gasteiger partial charge >= 0.3 is 0 Å². The predicted molar refractivity (Wildman–Crippen MR) is 72.8 cm³/mol. The average molecular weight is 241 g/mol. The van der Waals surface area contributed by atoms with E-state index in [2.05, 4.69) is 0 Å². The van der Waals surface area contributed by atoms with Crippen LogP contribution in [0.15, 0.2) is 60.7 Å². The lowest BCUT2D eigenvalue weighted by atomic mass is 10.2. The Hall–Kier alpha value is -1.96. The lowest BCUT2D eigenvalue weighted by Gasteiger charge is -2.13. The summed E-state index contributed by atoms with van der Waals surface area (Å²) in [6.45, 7) is 3.19. The fourth-order valence-corrected chi connectivity index (χ4v) is 1.49. The molecule has 0 aliphatic carbocycles. The summed E-state index contributed by atoms with van der Waals surface area (Å²) in [7, 11) is 0. The highest BCUT2D eigenvalue weighted by atomic mass is 16.5. The van der Waals surface area contributed by atoms with Gasteiger partial charge in [-0.2, -0.15) is 0 Å². The summed E-state index contributed by atoms with van der Waals surface area (Å²) >= 11 is 0. The van der Waals surface area contributed by atoms with Crippen molar-refractivity contribution in [1.82, 2.24) is 0 Å². The Kier molecular flexibility index (Phi) is 4.65. The number of ether oxygens (including phenoxy) is 2. The molecule has 1 radical (unpaired) electrons. The van der Waals surface area contributed by atoms with Crippen LogP contribution in [-0.2, 0) is 0 Å². The van der Waals surface area contributed by atoms with Crippen LogP contribution in [0.3, 0.4) is 0 Å². The molecule has 0 aliphatic heterocycles. The highest BCUT2D eigenvalue weighted by Crippen LogP contribution is 2.13. The molecule has 0 N–H and O–H groups in total. The number of para-hydroxylation sites is 2. The Labute approximate surface area is 108 Å². The molecule has 0 spiro atoms. The Morgan fingerprint density at radius 1 is 0.722 bits per heavy atom. The minimum atomic E-state index is 0.580. The molecule has 2 rings (SSSR count). The number of rotatable bonds is 6. The summed E-state index contributed by atoms with van der Waals surface area (Å²) in [5, 5.41) is 0. The van der Waals surface area contributed by atoms with E-state index in [0.29, 0.717) is 13.2 Å². The molecular formula is C16H17O2. The summed E-state index contributed by atoms with van der Waals surface area (Å²) in [5.74, 6) is 2.93. The maximum atomic E-state index is 5.64. The molecule has 0 unspecified atom stereocenters. The zero-order valence-corrected chi connectivity index (χ0v) is 10.5. The maximum Gasteiger partial charge on any atom is 0.119 e. The molecule has 2 nitrogen and oxygen atoms in total. The molecule has 2 heteroatoms. The Morgan fingerprint density at radius 3 is 1.50 bits per heavy atom. The predicted octanol–water partition coefficient (Wildman–Crippen LogP) is 3.74. The third kappa shape index (κ3) is 4.13. The summed E-state index contributed by atoms with van der Waals surface area (Å²) in [6.07, 6.45) is 0. The molecule has 2 aromatic carbocycles. The second-order valence-electron chi connectivity index (χ2n) is 4.16. The normalized spacial score (nSPS) is 10.3. The van der Waals surface area contributed by atoms with Gasteiger partial charge in [-0.1, -0.05) is 43.3 Å². The second kappa shape index (κ2) is 6.70. The van der Waals surface area contributed by atoms with Gasteiger partial charge in [0.25, 0.3) is 0 Å². The summed E-state index contributed by atoms with van der Waals surface area (Å²) < 4.78 is 11.3. The van der Waals surface area contributed by atoms with Gasteiger partial charge < -0.3 is 9.47 Å². The fraction of sp³-hybridized carbons (Fsp3) is 0.188. The smallest absolute Gasteiger partial charge is 0.119 e. The van der Waals surface area contributed by atoms with E-state index in [0.717, 1.165) is 17.4 Å². The zero-order chi connectivity index (χ0) is 12.6. The average Bonchev–Trinajstić information content (AvgIpc) is 2.45. The quantitative estimate of drug-likeness (QED) is 0.767. The van der Waals surface area contributed by atoms with Crippen molar-refractivity contribution in [2.75, 3.05) is 13.2 Å². The summed E-state index contributed by atoms with van der Waals surface area (Å²) in [5.41, 5.74) is 0. The molecule has 0 aliphatic rings. The van der Waals surface area contributed by atoms with Gasteiger partial charge in [0.1, 0.15) is 11.5 Å². The monoisotopic (exact) mass is 241 g/mol. The van der Waals surface area contributed by atoms with Gasteiger partial charge in [-0.15, -0.1) is 0 Å². The largest absolute Gasteiger partial charge is 0.493 e. The van der Waals surface area contributed by atoms with Crippen LogP contribution in [0.2, 0.25) is 0 Å². The van der Waals surface area contributed by atoms with Crippen LogP contribution in [0.5, 0.6) is 11.5 Å². The molecule has 0 saturated heterocycles. The first-order valence-electron chi connectivity index (χ1n) is 6.01. The molecule has 0 atom stereocenters. The third-order valence-electron chi connectivity index (χ3n) is 2.46. The van der Waals surface area contributed by atoms with Crippen molar-refractivity contribution in [1.29, 1.82) is 0 Å². The standard InChI is InChI=1S/C16H17O2/c1-14(12-17-15-8-4-2-5-9-15)13-18-16-10-6-3-7-11-16/h2-11H,12-13H2,1H3. The van der Waals surface area contributed by atoms with Gasteiger partial charge in [0.2, 0.25) is 0 Å². The molecule has 0 heterocycles. The third-order valence-corrected chi connectivity index (χ3v) is 2.46. The Morgan fingerprint density at radius 2 is 1.11 bits per heavy atom. The van der Waals surface area contributed by atoms with Crippen molar-refractivity contribution in [3.8, 4) is 11.5 Å². The van der Waals surface area contributed by atoms with Crippen molar-refractivity contribution in [3.05, 3.63) is 66.6 Å². The van der Waals surface area contributed by atoms with E-state index < -0.39 is 0 Å². The van der Waals surface area contributed by atoms with Crippen LogP contribution in [0.1, 0.15) is 6.92 Å². The van der Waals surface area contributed by atoms with Gasteiger partial charge in [0.05, 0.1) is 13.2 Å². The first-order valence-corrected chi connectivity index (χ1v) is 6.01. The first-order chi connectivity index (χ1) is 8.84. The van der Waals surface area contributed by atoms with Crippen LogP contribution < -0.4 is 9.47 Å².